The lowest BCUT2D eigenvalue weighted by atomic mass is 10.4. The second-order valence-corrected chi connectivity index (χ2v) is 2.66. The van der Waals surface area contributed by atoms with Gasteiger partial charge in [-0.2, -0.15) is 8.46 Å². The molecule has 0 aliphatic heterocycles. The molecule has 0 nitrogen and oxygen atoms in total. The molecule has 0 radical (unpaired) electrons. The number of unbranched alkanes of at least 4 members (excludes halogenated alkanes) is 1. The van der Waals surface area contributed by atoms with Crippen LogP contribution in [-0.4, -0.2) is 13.7 Å². The lowest BCUT2D eigenvalue weighted by Gasteiger charge is -1.86. The molecule has 0 aromatic heterocycles. The Morgan fingerprint density at radius 1 is 1.83 bits per heavy atom. The standard InChI is InChI=1S/C4H12BP/c1-2-3-4-6-5/h6H,2-5H2,1H3/p+1. The predicted octanol–water partition coefficient (Wildman–Crippen LogP) is 1.13. The molecular weight excluding hydrogens is 89.8 g/mol. The molecule has 0 saturated heterocycles. The van der Waals surface area contributed by atoms with E-state index >= 15 is 0 Å². The Morgan fingerprint density at radius 2 is 2.50 bits per heavy atom. The number of hydrogen-bond donors (Lipinski definition) is 0. The van der Waals surface area contributed by atoms with Gasteiger partial charge in [0.05, 0.1) is 0 Å². The molecule has 0 aliphatic rings. The minimum absolute atomic E-state index is 0. The Hall–Kier alpha value is 0.495. The van der Waals surface area contributed by atoms with Crippen LogP contribution in [0.1, 0.15) is 21.2 Å². The molecule has 0 fully saturated rings. The first-order valence-electron chi connectivity index (χ1n) is 2.56. The molecule has 0 amide bonds. The van der Waals surface area contributed by atoms with Crippen molar-refractivity contribution in [2.45, 2.75) is 19.8 Å². The van der Waals surface area contributed by atoms with Crippen LogP contribution in [-0.2, 0) is 0 Å². The molecule has 0 aromatic rings. The predicted molar refractivity (Wildman–Crippen MR) is 37.7 cm³/mol. The number of rotatable bonds is 3. The van der Waals surface area contributed by atoms with Crippen LogP contribution < -0.4 is 0 Å². The zero-order chi connectivity index (χ0) is 4.83. The largest absolute Gasteiger partial charge is 1.00 e. The van der Waals surface area contributed by atoms with Crippen LogP contribution in [0.25, 0.3) is 0 Å². The van der Waals surface area contributed by atoms with Gasteiger partial charge in [0.1, 0.15) is 7.57 Å². The van der Waals surface area contributed by atoms with Crippen LogP contribution in [0.5, 0.6) is 0 Å². The van der Waals surface area contributed by atoms with Crippen molar-refractivity contribution >= 4 is 16.0 Å². The van der Waals surface area contributed by atoms with Gasteiger partial charge in [-0.3, -0.25) is 0 Å². The monoisotopic (exact) mass is 103 g/mol. The zero-order valence-corrected chi connectivity index (χ0v) is 5.62. The molecule has 2 heteroatoms. The highest BCUT2D eigenvalue weighted by Gasteiger charge is 1.75. The van der Waals surface area contributed by atoms with Crippen molar-refractivity contribution in [3.8, 4) is 0 Å². The SMILES string of the molecule is BPCCCC.[H+]. The smallest absolute Gasteiger partial charge is 0.164 e. The van der Waals surface area contributed by atoms with E-state index in [1.807, 2.05) is 0 Å². The Labute approximate surface area is 44.3 Å². The molecule has 0 aromatic carbocycles. The minimum atomic E-state index is 0. The van der Waals surface area contributed by atoms with Gasteiger partial charge in [-0.15, -0.1) is 0 Å². The third-order valence-corrected chi connectivity index (χ3v) is 1.63. The summed E-state index contributed by atoms with van der Waals surface area (Å²) in [6.07, 6.45) is 4.23. The highest BCUT2D eigenvalue weighted by Crippen LogP contribution is 2.02. The van der Waals surface area contributed by atoms with Crippen LogP contribution in [0.4, 0.5) is 0 Å². The van der Waals surface area contributed by atoms with Crippen LogP contribution in [0.2, 0.25) is 0 Å². The number of hydrogen-bond acceptors (Lipinski definition) is 0. The van der Waals surface area contributed by atoms with E-state index in [1.54, 1.807) is 0 Å². The molecule has 6 heavy (non-hydrogen) atoms. The fraction of sp³-hybridized carbons (Fsp3) is 1.00. The Morgan fingerprint density at radius 3 is 2.67 bits per heavy atom. The second kappa shape index (κ2) is 5.49. The van der Waals surface area contributed by atoms with Crippen molar-refractivity contribution in [1.29, 1.82) is 0 Å². The van der Waals surface area contributed by atoms with Crippen molar-refractivity contribution in [1.82, 2.24) is 0 Å². The summed E-state index contributed by atoms with van der Waals surface area (Å²) in [7, 11) is 3.42. The first-order valence-corrected chi connectivity index (χ1v) is 4.27. The average Bonchev–Trinajstić information content (AvgIpc) is 1.61. The molecule has 0 bridgehead atoms. The lowest BCUT2D eigenvalue weighted by molar-refractivity contribution is 0.896. The molecule has 0 N–H and O–H groups in total. The first kappa shape index (κ1) is 6.49. The van der Waals surface area contributed by atoms with Crippen molar-refractivity contribution in [2.75, 3.05) is 6.16 Å². The van der Waals surface area contributed by atoms with E-state index in [1.165, 1.54) is 19.0 Å². The van der Waals surface area contributed by atoms with Crippen molar-refractivity contribution in [3.63, 3.8) is 0 Å². The van der Waals surface area contributed by atoms with E-state index in [0.29, 0.717) is 0 Å². The summed E-state index contributed by atoms with van der Waals surface area (Å²) < 4.78 is 0. The van der Waals surface area contributed by atoms with Crippen LogP contribution >= 0.6 is 8.46 Å². The highest BCUT2D eigenvalue weighted by molar-refractivity contribution is 7.66. The lowest BCUT2D eigenvalue weighted by Crippen LogP contribution is -1.70. The third-order valence-electron chi connectivity index (χ3n) is 0.780. The molecule has 0 spiro atoms. The van der Waals surface area contributed by atoms with Crippen LogP contribution in [0.3, 0.4) is 0 Å². The van der Waals surface area contributed by atoms with Crippen molar-refractivity contribution < 1.29 is 1.43 Å². The summed E-state index contributed by atoms with van der Waals surface area (Å²) in [4.78, 5) is 0. The summed E-state index contributed by atoms with van der Waals surface area (Å²) in [6, 6.07) is 0. The van der Waals surface area contributed by atoms with E-state index < -0.39 is 0 Å². The Balaban J connectivity index is 0. The van der Waals surface area contributed by atoms with Gasteiger partial charge in [-0.25, -0.2) is 0 Å². The molecule has 36 valence electrons. The summed E-state index contributed by atoms with van der Waals surface area (Å²) >= 11 is 0. The highest BCUT2D eigenvalue weighted by atomic mass is 31.1. The van der Waals surface area contributed by atoms with E-state index in [-0.39, 0.29) is 1.43 Å². The molecule has 0 saturated carbocycles. The summed E-state index contributed by atoms with van der Waals surface area (Å²) in [5, 5.41) is 0. The molecule has 1 atom stereocenters. The summed E-state index contributed by atoms with van der Waals surface area (Å²) in [5.74, 6) is 0. The fourth-order valence-corrected chi connectivity index (χ4v) is 1.06. The normalized spacial score (nSPS) is 10.8. The van der Waals surface area contributed by atoms with Crippen molar-refractivity contribution in [3.05, 3.63) is 0 Å². The van der Waals surface area contributed by atoms with E-state index in [0.717, 1.165) is 8.46 Å². The molecular formula is C4H13BP+. The van der Waals surface area contributed by atoms with Gasteiger partial charge in [0.25, 0.3) is 0 Å². The average molecular weight is 103 g/mol. The van der Waals surface area contributed by atoms with E-state index in [4.69, 9.17) is 0 Å². The third kappa shape index (κ3) is 4.49. The molecule has 0 rings (SSSR count). The first-order chi connectivity index (χ1) is 2.91. The molecule has 1 unspecified atom stereocenters. The van der Waals surface area contributed by atoms with Gasteiger partial charge in [0.15, 0.2) is 0 Å². The van der Waals surface area contributed by atoms with Gasteiger partial charge in [-0.1, -0.05) is 19.8 Å². The molecule has 0 aliphatic carbocycles. The molecule has 0 heterocycles. The second-order valence-electron chi connectivity index (χ2n) is 1.46. The Bertz CT molecular complexity index is 23.7. The quantitative estimate of drug-likeness (QED) is 0.285. The fourth-order valence-electron chi connectivity index (χ4n) is 0.354. The maximum Gasteiger partial charge on any atom is 1.00 e. The van der Waals surface area contributed by atoms with Crippen LogP contribution in [0.15, 0.2) is 0 Å². The maximum atomic E-state index is 2.26. The summed E-state index contributed by atoms with van der Waals surface area (Å²) in [5.41, 5.74) is 0. The van der Waals surface area contributed by atoms with Gasteiger partial charge < -0.3 is 0 Å². The zero-order valence-electron chi connectivity index (χ0n) is 5.62. The van der Waals surface area contributed by atoms with Crippen LogP contribution in [0, 0.1) is 0 Å². The van der Waals surface area contributed by atoms with Crippen molar-refractivity contribution in [2.24, 2.45) is 0 Å². The van der Waals surface area contributed by atoms with E-state index in [9.17, 15) is 0 Å². The van der Waals surface area contributed by atoms with Gasteiger partial charge in [0.2, 0.25) is 0 Å². The van der Waals surface area contributed by atoms with E-state index in [2.05, 4.69) is 14.5 Å². The van der Waals surface area contributed by atoms with Gasteiger partial charge in [-0.05, 0) is 6.16 Å². The minimum Gasteiger partial charge on any atom is -0.164 e. The van der Waals surface area contributed by atoms with Gasteiger partial charge in [0, 0.05) is 0 Å². The topological polar surface area (TPSA) is 0 Å². The Kier molecular flexibility index (Phi) is 5.95. The van der Waals surface area contributed by atoms with Gasteiger partial charge >= 0.3 is 1.43 Å². The summed E-state index contributed by atoms with van der Waals surface area (Å²) in [6.45, 7) is 2.24. The maximum absolute atomic E-state index is 2.26.